The molecule has 0 bridgehead atoms. The third kappa shape index (κ3) is 3.71. The van der Waals surface area contributed by atoms with Crippen LogP contribution in [0.15, 0.2) is 73.8 Å². The van der Waals surface area contributed by atoms with E-state index in [1.54, 1.807) is 13.0 Å². The van der Waals surface area contributed by atoms with Crippen molar-refractivity contribution in [2.24, 2.45) is 15.1 Å². The molecule has 1 aliphatic heterocycles. The molecule has 0 radical (unpaired) electrons. The van der Waals surface area contributed by atoms with Crippen LogP contribution in [0.5, 0.6) is 0 Å². The molecule has 3 N–H and O–H groups in total. The predicted octanol–water partition coefficient (Wildman–Crippen LogP) is 4.38. The maximum absolute atomic E-state index is 12.5. The number of fused-ring (bicyclic) bond motifs is 2. The smallest absolute Gasteiger partial charge is 0.285 e. The van der Waals surface area contributed by atoms with Gasteiger partial charge in [-0.15, -0.1) is 4.40 Å². The van der Waals surface area contributed by atoms with Gasteiger partial charge in [-0.1, -0.05) is 41.9 Å². The fraction of sp³-hybridized carbons (Fsp3) is 0.0526. The third-order valence-corrected chi connectivity index (χ3v) is 7.02. The van der Waals surface area contributed by atoms with Crippen molar-refractivity contribution in [3.05, 3.63) is 65.2 Å². The molecule has 6 nitrogen and oxygen atoms in total. The van der Waals surface area contributed by atoms with Crippen molar-refractivity contribution < 1.29 is 8.42 Å². The molecule has 28 heavy (non-hydrogen) atoms. The van der Waals surface area contributed by atoms with E-state index in [1.165, 1.54) is 6.07 Å². The summed E-state index contributed by atoms with van der Waals surface area (Å²) in [7, 11) is -3.86. The molecule has 0 amide bonds. The van der Waals surface area contributed by atoms with Gasteiger partial charge in [-0.25, -0.2) is 0 Å². The summed E-state index contributed by atoms with van der Waals surface area (Å²) in [5.74, 6) is 0.0402. The highest BCUT2D eigenvalue weighted by atomic mass is 35.5. The quantitative estimate of drug-likeness (QED) is 0.441. The molecule has 3 aromatic rings. The molecule has 0 spiro atoms. The van der Waals surface area contributed by atoms with E-state index in [-0.39, 0.29) is 16.0 Å². The molecule has 3 aromatic carbocycles. The van der Waals surface area contributed by atoms with Crippen LogP contribution in [0.3, 0.4) is 0 Å². The van der Waals surface area contributed by atoms with Gasteiger partial charge in [0.05, 0.1) is 0 Å². The third-order valence-electron chi connectivity index (χ3n) is 4.14. The average molecular weight is 431 g/mol. The Morgan fingerprint density at radius 1 is 1.14 bits per heavy atom. The van der Waals surface area contributed by atoms with Crippen molar-refractivity contribution in [2.45, 2.75) is 16.7 Å². The molecule has 1 heterocycles. The highest BCUT2D eigenvalue weighted by Gasteiger charge is 2.27. The minimum atomic E-state index is -3.86. The second kappa shape index (κ2) is 7.12. The minimum Gasteiger partial charge on any atom is -0.369 e. The van der Waals surface area contributed by atoms with E-state index in [0.717, 1.165) is 28.2 Å². The summed E-state index contributed by atoms with van der Waals surface area (Å²) in [5.41, 5.74) is 7.38. The van der Waals surface area contributed by atoms with Crippen LogP contribution in [-0.2, 0) is 10.0 Å². The van der Waals surface area contributed by atoms with Crippen molar-refractivity contribution in [3.8, 4) is 0 Å². The second-order valence-electron chi connectivity index (χ2n) is 6.18. The van der Waals surface area contributed by atoms with Gasteiger partial charge in [0.1, 0.15) is 4.90 Å². The van der Waals surface area contributed by atoms with Crippen molar-refractivity contribution >= 4 is 61.0 Å². The number of rotatable bonds is 1. The number of hydrogen-bond acceptors (Lipinski definition) is 4. The minimum absolute atomic E-state index is 0.0261. The number of nitrogens with two attached hydrogens (primary N) is 1. The summed E-state index contributed by atoms with van der Waals surface area (Å²) in [5, 5.41) is 5.62. The number of aliphatic imine (C=N–C) groups is 1. The number of guanidine groups is 1. The van der Waals surface area contributed by atoms with Crippen LogP contribution in [0.25, 0.3) is 10.8 Å². The molecular weight excluding hydrogens is 416 g/mol. The first-order valence-electron chi connectivity index (χ1n) is 8.25. The number of hydrogen-bond donors (Lipinski definition) is 2. The van der Waals surface area contributed by atoms with Gasteiger partial charge in [-0.05, 0) is 59.3 Å². The molecule has 9 heteroatoms. The van der Waals surface area contributed by atoms with Crippen molar-refractivity contribution in [1.29, 1.82) is 0 Å². The lowest BCUT2D eigenvalue weighted by molar-refractivity contribution is 0.595. The van der Waals surface area contributed by atoms with E-state index < -0.39 is 10.0 Å². The van der Waals surface area contributed by atoms with Gasteiger partial charge in [0.15, 0.2) is 5.96 Å². The number of nitrogens with zero attached hydrogens (tertiary/aromatic N) is 2. The Labute approximate surface area is 171 Å². The summed E-state index contributed by atoms with van der Waals surface area (Å²) < 4.78 is 28.7. The van der Waals surface area contributed by atoms with Gasteiger partial charge >= 0.3 is 0 Å². The number of amidine groups is 1. The van der Waals surface area contributed by atoms with Crippen LogP contribution in [0.1, 0.15) is 5.56 Å². The molecule has 0 saturated heterocycles. The monoisotopic (exact) mass is 430 g/mol. The number of aryl methyl sites for hydroxylation is 1. The van der Waals surface area contributed by atoms with Gasteiger partial charge in [0.25, 0.3) is 10.0 Å². The van der Waals surface area contributed by atoms with Gasteiger partial charge in [-0.2, -0.15) is 13.4 Å². The zero-order chi connectivity index (χ0) is 19.9. The molecule has 1 aliphatic rings. The van der Waals surface area contributed by atoms with Gasteiger partial charge < -0.3 is 11.1 Å². The summed E-state index contributed by atoms with van der Waals surface area (Å²) in [4.78, 5) is 4.73. The second-order valence-corrected chi connectivity index (χ2v) is 9.17. The van der Waals surface area contributed by atoms with E-state index in [1.807, 2.05) is 42.5 Å². The lowest BCUT2D eigenvalue weighted by Crippen LogP contribution is -2.24. The zero-order valence-corrected chi connectivity index (χ0v) is 17.1. The van der Waals surface area contributed by atoms with Crippen LogP contribution in [0.4, 0.5) is 5.69 Å². The maximum atomic E-state index is 12.5. The number of halogens is 1. The Balaban J connectivity index is 1.62. The Bertz CT molecular complexity index is 1270. The summed E-state index contributed by atoms with van der Waals surface area (Å²) in [6.45, 7) is 1.74. The molecule has 0 aliphatic carbocycles. The van der Waals surface area contributed by atoms with Crippen LogP contribution < -0.4 is 11.1 Å². The summed E-state index contributed by atoms with van der Waals surface area (Å²) in [6.07, 6.45) is 0. The first-order chi connectivity index (χ1) is 13.3. The van der Waals surface area contributed by atoms with Gasteiger partial charge in [0, 0.05) is 15.6 Å². The van der Waals surface area contributed by atoms with Gasteiger partial charge in [0.2, 0.25) is 5.17 Å². The first kappa shape index (κ1) is 18.8. The average Bonchev–Trinajstić information content (AvgIpc) is 2.63. The topological polar surface area (TPSA) is 96.9 Å². The van der Waals surface area contributed by atoms with Crippen molar-refractivity contribution in [1.82, 2.24) is 0 Å². The first-order valence-corrected chi connectivity index (χ1v) is 10.9. The Kier molecular flexibility index (Phi) is 4.78. The molecule has 0 atom stereocenters. The predicted molar refractivity (Wildman–Crippen MR) is 116 cm³/mol. The number of thioether (sulfide) groups is 1. The van der Waals surface area contributed by atoms with Crippen molar-refractivity contribution in [3.63, 3.8) is 0 Å². The highest BCUT2D eigenvalue weighted by molar-refractivity contribution is 8.15. The number of sulfonamides is 1. The maximum Gasteiger partial charge on any atom is 0.285 e. The molecule has 142 valence electrons. The molecule has 0 saturated carbocycles. The van der Waals surface area contributed by atoms with Crippen LogP contribution in [0, 0.1) is 6.92 Å². The molecule has 0 unspecified atom stereocenters. The molecule has 4 rings (SSSR count). The van der Waals surface area contributed by atoms with E-state index in [2.05, 4.69) is 14.7 Å². The standard InChI is InChI=1S/C19H15ClN4O2S2/c1-11-8-17-16(10-15(11)20)27-19(24-28(17,25)26)23-18(21)22-14-7-6-12-4-2-3-5-13(12)9-14/h2-10H,1H3,(H3,21,22,23,24). The van der Waals surface area contributed by atoms with E-state index in [4.69, 9.17) is 17.3 Å². The Morgan fingerprint density at radius 2 is 1.89 bits per heavy atom. The van der Waals surface area contributed by atoms with Crippen LogP contribution >= 0.6 is 23.4 Å². The van der Waals surface area contributed by atoms with E-state index >= 15 is 0 Å². The lowest BCUT2D eigenvalue weighted by Gasteiger charge is -2.15. The number of anilines is 1. The van der Waals surface area contributed by atoms with Gasteiger partial charge in [-0.3, -0.25) is 0 Å². The number of benzene rings is 3. The summed E-state index contributed by atoms with van der Waals surface area (Å²) >= 11 is 7.23. The Morgan fingerprint density at radius 3 is 2.68 bits per heavy atom. The zero-order valence-electron chi connectivity index (χ0n) is 14.7. The molecule has 0 aromatic heterocycles. The SMILES string of the molecule is Cc1cc2c(cc1Cl)SC(/N=C(/N)Nc1ccc3ccccc3c1)=NS2(=O)=O. The lowest BCUT2D eigenvalue weighted by atomic mass is 10.1. The fourth-order valence-corrected chi connectivity index (χ4v) is 5.55. The summed E-state index contributed by atoms with van der Waals surface area (Å²) in [6, 6.07) is 16.8. The van der Waals surface area contributed by atoms with E-state index in [9.17, 15) is 8.42 Å². The largest absolute Gasteiger partial charge is 0.369 e. The number of nitrogens with one attached hydrogen (secondary N) is 1. The highest BCUT2D eigenvalue weighted by Crippen LogP contribution is 2.37. The molecule has 0 fully saturated rings. The normalized spacial score (nSPS) is 15.8. The molecular formula is C19H15ClN4O2S2. The fourth-order valence-electron chi connectivity index (χ4n) is 2.78. The van der Waals surface area contributed by atoms with E-state index in [0.29, 0.717) is 15.5 Å². The Hall–Kier alpha value is -2.55. The van der Waals surface area contributed by atoms with Crippen LogP contribution in [0.2, 0.25) is 5.02 Å². The van der Waals surface area contributed by atoms with Crippen molar-refractivity contribution in [2.75, 3.05) is 5.32 Å². The van der Waals surface area contributed by atoms with Crippen LogP contribution in [-0.4, -0.2) is 19.5 Å².